The van der Waals surface area contributed by atoms with Gasteiger partial charge in [0.2, 0.25) is 0 Å². The molecular weight excluding hydrogens is 385 g/mol. The van der Waals surface area contributed by atoms with Gasteiger partial charge in [0.25, 0.3) is 5.91 Å². The number of phenolic OH excluding ortho intramolecular Hbond substituents is 1. The van der Waals surface area contributed by atoms with Crippen LogP contribution < -0.4 is 5.48 Å². The standard InChI is InChI=1S/C15H20INO4/c1-15(2,8-4-3-5-13(19)17-21)14(20)11-9-10(16)6-7-12(11)18/h3,5-7,9,14,18,20-21H,4,8H2,1-2H3,(H,17,19)/b5-3+/t14-/m1/s1. The van der Waals surface area contributed by atoms with E-state index in [-0.39, 0.29) is 5.75 Å². The number of rotatable bonds is 6. The lowest BCUT2D eigenvalue weighted by atomic mass is 9.78. The van der Waals surface area contributed by atoms with Crippen LogP contribution in [-0.4, -0.2) is 21.3 Å². The van der Waals surface area contributed by atoms with Crippen molar-refractivity contribution in [1.29, 1.82) is 0 Å². The quantitative estimate of drug-likeness (QED) is 0.254. The van der Waals surface area contributed by atoms with E-state index in [1.165, 1.54) is 11.6 Å². The van der Waals surface area contributed by atoms with Crippen molar-refractivity contribution in [3.05, 3.63) is 39.5 Å². The van der Waals surface area contributed by atoms with Crippen LogP contribution in [-0.2, 0) is 4.79 Å². The Balaban J connectivity index is 2.75. The van der Waals surface area contributed by atoms with Crippen molar-refractivity contribution in [2.45, 2.75) is 32.8 Å². The maximum absolute atomic E-state index is 10.8. The summed E-state index contributed by atoms with van der Waals surface area (Å²) in [7, 11) is 0. The van der Waals surface area contributed by atoms with Crippen LogP contribution in [0.4, 0.5) is 0 Å². The Hall–Kier alpha value is -1.12. The third-order valence-corrected chi connectivity index (χ3v) is 4.03. The molecular formula is C15H20INO4. The molecule has 0 saturated carbocycles. The predicted molar refractivity (Wildman–Crippen MR) is 87.9 cm³/mol. The molecule has 0 heterocycles. The smallest absolute Gasteiger partial charge is 0.267 e. The molecule has 0 spiro atoms. The van der Waals surface area contributed by atoms with Crippen molar-refractivity contribution in [1.82, 2.24) is 5.48 Å². The highest BCUT2D eigenvalue weighted by Crippen LogP contribution is 2.41. The highest BCUT2D eigenvalue weighted by Gasteiger charge is 2.30. The SMILES string of the molecule is CC(C)(CC/C=C/C(=O)NO)[C@H](O)c1cc(I)ccc1O. The molecule has 1 aromatic rings. The van der Waals surface area contributed by atoms with Gasteiger partial charge in [-0.05, 0) is 59.0 Å². The molecule has 0 bridgehead atoms. The predicted octanol–water partition coefficient (Wildman–Crippen LogP) is 2.90. The first-order valence-electron chi connectivity index (χ1n) is 6.55. The molecule has 1 atom stereocenters. The minimum atomic E-state index is -0.813. The molecule has 6 heteroatoms. The number of aliphatic hydroxyl groups excluding tert-OH is 1. The average Bonchev–Trinajstić information content (AvgIpc) is 2.45. The van der Waals surface area contributed by atoms with E-state index in [9.17, 15) is 15.0 Å². The number of benzene rings is 1. The monoisotopic (exact) mass is 405 g/mol. The molecule has 4 N–H and O–H groups in total. The zero-order valence-electron chi connectivity index (χ0n) is 12.0. The van der Waals surface area contributed by atoms with Gasteiger partial charge in [0.1, 0.15) is 5.75 Å². The zero-order valence-corrected chi connectivity index (χ0v) is 14.2. The fraction of sp³-hybridized carbons (Fsp3) is 0.400. The van der Waals surface area contributed by atoms with Crippen LogP contribution in [0, 0.1) is 8.99 Å². The number of hydroxylamine groups is 1. The second kappa shape index (κ2) is 7.77. The number of phenols is 1. The van der Waals surface area contributed by atoms with Gasteiger partial charge in [0.15, 0.2) is 0 Å². The molecule has 1 aromatic carbocycles. The second-order valence-electron chi connectivity index (χ2n) is 5.51. The molecule has 0 aliphatic heterocycles. The van der Waals surface area contributed by atoms with Crippen LogP contribution in [0.25, 0.3) is 0 Å². The lowest BCUT2D eigenvalue weighted by Gasteiger charge is -2.31. The summed E-state index contributed by atoms with van der Waals surface area (Å²) in [6.45, 7) is 3.80. The first kappa shape index (κ1) is 17.9. The molecule has 0 aromatic heterocycles. The van der Waals surface area contributed by atoms with Crippen LogP contribution in [0.5, 0.6) is 5.75 Å². The highest BCUT2D eigenvalue weighted by molar-refractivity contribution is 14.1. The number of halogens is 1. The molecule has 0 aliphatic rings. The fourth-order valence-corrected chi connectivity index (χ4v) is 2.50. The first-order chi connectivity index (χ1) is 9.77. The van der Waals surface area contributed by atoms with Crippen molar-refractivity contribution in [2.24, 2.45) is 5.41 Å². The number of hydrogen-bond acceptors (Lipinski definition) is 4. The number of amides is 1. The van der Waals surface area contributed by atoms with Gasteiger partial charge in [-0.15, -0.1) is 0 Å². The lowest BCUT2D eigenvalue weighted by Crippen LogP contribution is -2.22. The summed E-state index contributed by atoms with van der Waals surface area (Å²) >= 11 is 2.13. The number of allylic oxidation sites excluding steroid dienone is 1. The molecule has 1 amide bonds. The third kappa shape index (κ3) is 5.29. The summed E-state index contributed by atoms with van der Waals surface area (Å²) in [5.41, 5.74) is 1.55. The van der Waals surface area contributed by atoms with E-state index in [2.05, 4.69) is 22.6 Å². The van der Waals surface area contributed by atoms with Crippen molar-refractivity contribution in [2.75, 3.05) is 0 Å². The van der Waals surface area contributed by atoms with Gasteiger partial charge in [0, 0.05) is 15.2 Å². The van der Waals surface area contributed by atoms with Gasteiger partial charge in [-0.3, -0.25) is 10.0 Å². The second-order valence-corrected chi connectivity index (χ2v) is 6.76. The van der Waals surface area contributed by atoms with Crippen molar-refractivity contribution in [3.8, 4) is 5.75 Å². The van der Waals surface area contributed by atoms with Crippen LogP contribution in [0.2, 0.25) is 0 Å². The normalized spacial score (nSPS) is 13.4. The molecule has 21 heavy (non-hydrogen) atoms. The van der Waals surface area contributed by atoms with E-state index >= 15 is 0 Å². The van der Waals surface area contributed by atoms with E-state index in [1.54, 1.807) is 24.3 Å². The molecule has 0 unspecified atom stereocenters. The van der Waals surface area contributed by atoms with E-state index in [0.29, 0.717) is 18.4 Å². The summed E-state index contributed by atoms with van der Waals surface area (Å²) < 4.78 is 0.940. The van der Waals surface area contributed by atoms with Crippen LogP contribution in [0.15, 0.2) is 30.4 Å². The van der Waals surface area contributed by atoms with Crippen molar-refractivity contribution < 1.29 is 20.2 Å². The summed E-state index contributed by atoms with van der Waals surface area (Å²) in [4.78, 5) is 10.8. The Labute approximate surface area is 137 Å². The van der Waals surface area contributed by atoms with Crippen molar-refractivity contribution >= 4 is 28.5 Å². The number of carbonyl (C=O) groups is 1. The van der Waals surface area contributed by atoms with Gasteiger partial charge in [0.05, 0.1) is 6.10 Å². The molecule has 116 valence electrons. The fourth-order valence-electron chi connectivity index (χ4n) is 1.99. The first-order valence-corrected chi connectivity index (χ1v) is 7.63. The van der Waals surface area contributed by atoms with E-state index < -0.39 is 17.4 Å². The maximum atomic E-state index is 10.8. The Kier molecular flexibility index (Phi) is 6.63. The summed E-state index contributed by atoms with van der Waals surface area (Å²) in [5.74, 6) is -0.505. The molecule has 0 fully saturated rings. The number of hydrogen-bond donors (Lipinski definition) is 4. The third-order valence-electron chi connectivity index (χ3n) is 3.36. The molecule has 5 nitrogen and oxygen atoms in total. The van der Waals surface area contributed by atoms with E-state index in [0.717, 1.165) is 3.57 Å². The van der Waals surface area contributed by atoms with Crippen molar-refractivity contribution in [3.63, 3.8) is 0 Å². The van der Waals surface area contributed by atoms with Gasteiger partial charge in [-0.1, -0.05) is 19.9 Å². The summed E-state index contributed by atoms with van der Waals surface area (Å²) in [6.07, 6.45) is 3.25. The average molecular weight is 405 g/mol. The van der Waals surface area contributed by atoms with Gasteiger partial charge < -0.3 is 10.2 Å². The lowest BCUT2D eigenvalue weighted by molar-refractivity contribution is -0.124. The van der Waals surface area contributed by atoms with Gasteiger partial charge in [-0.2, -0.15) is 0 Å². The van der Waals surface area contributed by atoms with E-state index in [4.69, 9.17) is 5.21 Å². The number of carbonyl (C=O) groups excluding carboxylic acids is 1. The Morgan fingerprint density at radius 3 is 2.76 bits per heavy atom. The summed E-state index contributed by atoms with van der Waals surface area (Å²) in [6, 6.07) is 5.11. The minimum absolute atomic E-state index is 0.0752. The topological polar surface area (TPSA) is 89.8 Å². The Morgan fingerprint density at radius 2 is 2.14 bits per heavy atom. The molecule has 0 saturated heterocycles. The van der Waals surface area contributed by atoms with Gasteiger partial charge >= 0.3 is 0 Å². The zero-order chi connectivity index (χ0) is 16.0. The number of aliphatic hydroxyl groups is 1. The van der Waals surface area contributed by atoms with Gasteiger partial charge in [-0.25, -0.2) is 5.48 Å². The van der Waals surface area contributed by atoms with Crippen LogP contribution >= 0.6 is 22.6 Å². The summed E-state index contributed by atoms with van der Waals surface area (Å²) in [5, 5.41) is 28.8. The molecule has 0 aliphatic carbocycles. The number of aromatic hydroxyl groups is 1. The Morgan fingerprint density at radius 1 is 1.48 bits per heavy atom. The largest absolute Gasteiger partial charge is 0.508 e. The Bertz CT molecular complexity index is 528. The highest BCUT2D eigenvalue weighted by atomic mass is 127. The van der Waals surface area contributed by atoms with E-state index in [1.807, 2.05) is 13.8 Å². The van der Waals surface area contributed by atoms with Crippen LogP contribution in [0.1, 0.15) is 38.4 Å². The maximum Gasteiger partial charge on any atom is 0.267 e. The number of nitrogens with one attached hydrogen (secondary N) is 1. The van der Waals surface area contributed by atoms with Crippen LogP contribution in [0.3, 0.4) is 0 Å². The molecule has 0 radical (unpaired) electrons. The molecule has 1 rings (SSSR count). The minimum Gasteiger partial charge on any atom is -0.508 e.